The number of nitro groups is 1. The molecular formula is C56H69N8O14PS. The maximum Gasteiger partial charge on any atom is 0.470 e. The third-order valence-electron chi connectivity index (χ3n) is 17.6. The van der Waals surface area contributed by atoms with Crippen LogP contribution in [0.25, 0.3) is 11.0 Å². The van der Waals surface area contributed by atoms with E-state index in [4.69, 9.17) is 33.2 Å². The van der Waals surface area contributed by atoms with Gasteiger partial charge in [0.15, 0.2) is 11.4 Å². The molecule has 1 spiro atoms. The topological polar surface area (TPSA) is 270 Å². The van der Waals surface area contributed by atoms with E-state index in [0.717, 1.165) is 81.2 Å². The fourth-order valence-electron chi connectivity index (χ4n) is 13.6. The van der Waals surface area contributed by atoms with Gasteiger partial charge in [-0.15, -0.1) is 0 Å². The molecule has 24 heteroatoms. The summed E-state index contributed by atoms with van der Waals surface area (Å²) in [6.45, 7) is 10.3. The maximum absolute atomic E-state index is 14.9. The number of H-pyrrole nitrogens is 1. The van der Waals surface area contributed by atoms with Crippen molar-refractivity contribution in [2.24, 2.45) is 11.3 Å². The summed E-state index contributed by atoms with van der Waals surface area (Å²) in [5.74, 6) is 0.124. The minimum absolute atomic E-state index is 0.00698. The third-order valence-corrected chi connectivity index (χ3v) is 19.6. The number of anilines is 4. The molecule has 0 radical (unpaired) electrons. The van der Waals surface area contributed by atoms with Gasteiger partial charge in [0.2, 0.25) is 5.88 Å². The smallest absolute Gasteiger partial charge is 0.470 e. The number of pyridine rings is 1. The number of amides is 1. The Morgan fingerprint density at radius 2 is 1.73 bits per heavy atom. The number of piperidine rings is 1. The minimum atomic E-state index is -4.79. The first-order valence-electron chi connectivity index (χ1n) is 27.9. The van der Waals surface area contributed by atoms with Crippen LogP contribution in [0.3, 0.4) is 0 Å². The number of fused-ring (bicyclic) bond motifs is 4. The van der Waals surface area contributed by atoms with E-state index in [2.05, 4.69) is 56.9 Å². The fourth-order valence-corrected chi connectivity index (χ4v) is 15.3. The van der Waals surface area contributed by atoms with Gasteiger partial charge in [-0.05, 0) is 133 Å². The Balaban J connectivity index is 0.812. The number of hydrogen-bond acceptors (Lipinski definition) is 17. The average Bonchev–Trinajstić information content (AvgIpc) is 3.89. The van der Waals surface area contributed by atoms with Gasteiger partial charge in [-0.2, -0.15) is 4.98 Å². The van der Waals surface area contributed by atoms with E-state index in [1.165, 1.54) is 11.6 Å². The van der Waals surface area contributed by atoms with Gasteiger partial charge in [0, 0.05) is 73.9 Å². The van der Waals surface area contributed by atoms with Crippen LogP contribution in [0, 0.1) is 21.4 Å². The van der Waals surface area contributed by atoms with Gasteiger partial charge in [-0.25, -0.2) is 17.7 Å². The number of carbonyl (C=O) groups is 1. The predicted molar refractivity (Wildman–Crippen MR) is 296 cm³/mol. The molecule has 5 aliphatic heterocycles. The summed E-state index contributed by atoms with van der Waals surface area (Å²) in [5, 5.41) is 16.7. The summed E-state index contributed by atoms with van der Waals surface area (Å²) in [6, 6.07) is 19.5. The second-order valence-corrected chi connectivity index (χ2v) is 26.1. The number of nitrogens with one attached hydrogen (secondary N) is 3. The molecule has 3 aromatic carbocycles. The number of para-hydroxylation sites is 1. The Bertz CT molecular complexity index is 3330. The molecule has 7 aliphatic rings. The average molecular weight is 1140 g/mol. The molecule has 7 heterocycles. The van der Waals surface area contributed by atoms with Crippen molar-refractivity contribution in [2.75, 3.05) is 67.8 Å². The number of nitrogens with zero attached hydrogens (tertiary/aromatic N) is 5. The maximum atomic E-state index is 14.9. The van der Waals surface area contributed by atoms with Gasteiger partial charge >= 0.3 is 7.82 Å². The normalized spacial score (nSPS) is 26.2. The van der Waals surface area contributed by atoms with Gasteiger partial charge < -0.3 is 53.6 Å². The number of carbonyl (C=O) groups excluding carboxylic acids is 1. The fraction of sp³-hybridized carbons (Fsp3) is 0.536. The number of nitro benzene ring substituents is 1. The highest BCUT2D eigenvalue weighted by Crippen LogP contribution is 2.55. The molecule has 80 heavy (non-hydrogen) atoms. The van der Waals surface area contributed by atoms with Crippen molar-refractivity contribution in [1.29, 1.82) is 0 Å². The highest BCUT2D eigenvalue weighted by atomic mass is 32.2. The second kappa shape index (κ2) is 21.4. The molecule has 0 unspecified atom stereocenters. The quantitative estimate of drug-likeness (QED) is 0.0420. The molecule has 2 aliphatic carbocycles. The first-order chi connectivity index (χ1) is 38.3. The zero-order valence-electron chi connectivity index (χ0n) is 45.1. The molecule has 4 atom stereocenters. The van der Waals surface area contributed by atoms with Gasteiger partial charge in [0.05, 0.1) is 64.1 Å². The van der Waals surface area contributed by atoms with Crippen LogP contribution in [0.4, 0.5) is 28.4 Å². The molecule has 5 aromatic rings. The van der Waals surface area contributed by atoms with Gasteiger partial charge in [0.25, 0.3) is 21.6 Å². The summed E-state index contributed by atoms with van der Waals surface area (Å²) in [4.78, 5) is 60.3. The summed E-state index contributed by atoms with van der Waals surface area (Å²) in [6.07, 6.45) is 8.62. The van der Waals surface area contributed by atoms with Gasteiger partial charge in [-0.3, -0.25) is 24.3 Å². The number of hydrogen-bond donors (Lipinski definition) is 5. The lowest BCUT2D eigenvalue weighted by Gasteiger charge is -2.56. The van der Waals surface area contributed by atoms with Crippen LogP contribution in [0.5, 0.6) is 17.4 Å². The van der Waals surface area contributed by atoms with Crippen molar-refractivity contribution >= 4 is 63.2 Å². The Morgan fingerprint density at radius 3 is 2.49 bits per heavy atom. The first kappa shape index (κ1) is 54.5. The number of benzene rings is 3. The molecule has 0 bridgehead atoms. The Hall–Kier alpha value is -6.04. The lowest BCUT2D eigenvalue weighted by molar-refractivity contribution is -0.384. The standard InChI is InChI=1S/C56H69N8O14PS/c1-34(2)76-48-8-5-4-7-40(48)47-32-73-23-6-20-62(47)38-29-56(30-38)17-21-61(22-18-56)37-9-10-41(44(26-37)63-43-14-24-74-33-50(43)77-54-46(63)25-36-13-19-57-52(36)59-54)53(65)60-80(71,72)39-27-45(64(66)67)51-49(28-39)75-31-42(58-51)35-11-15-55(3,16-12-35)78-79(68,69)70/h4-5,7-10,13,19,25-28,34-35,38,42-43,47,50,58H,6,11-12,14-18,20-24,29-33H2,1-3H3,(H,57,59)(H,60,65)(H2,68,69,70)/t35?,42-,43+,47+,50+,55?/m1/s1. The molecule has 12 rings (SSSR count). The van der Waals surface area contributed by atoms with E-state index in [-0.39, 0.29) is 59.7 Å². The molecule has 428 valence electrons. The van der Waals surface area contributed by atoms with Gasteiger partial charge in [-0.1, -0.05) is 18.2 Å². The van der Waals surface area contributed by atoms with Crippen molar-refractivity contribution in [1.82, 2.24) is 19.6 Å². The lowest BCUT2D eigenvalue weighted by Crippen LogP contribution is -2.56. The minimum Gasteiger partial charge on any atom is -0.491 e. The van der Waals surface area contributed by atoms with Crippen molar-refractivity contribution in [3.63, 3.8) is 0 Å². The number of aromatic nitrogens is 2. The van der Waals surface area contributed by atoms with E-state index >= 15 is 0 Å². The Kier molecular flexibility index (Phi) is 14.6. The Labute approximate surface area is 464 Å². The van der Waals surface area contributed by atoms with Crippen molar-refractivity contribution in [2.45, 2.75) is 132 Å². The number of rotatable bonds is 13. The number of phosphoric ester groups is 1. The van der Waals surface area contributed by atoms with Crippen LogP contribution in [0.15, 0.2) is 77.8 Å². The first-order valence-corrected chi connectivity index (χ1v) is 30.9. The summed E-state index contributed by atoms with van der Waals surface area (Å²) in [5.41, 5.74) is 2.32. The summed E-state index contributed by atoms with van der Waals surface area (Å²) in [7, 11) is -9.52. The Morgan fingerprint density at radius 1 is 0.950 bits per heavy atom. The van der Waals surface area contributed by atoms with E-state index < -0.39 is 57.0 Å². The number of ether oxygens (including phenoxy) is 5. The molecule has 5 fully saturated rings. The van der Waals surface area contributed by atoms with Crippen LogP contribution >= 0.6 is 7.82 Å². The lowest BCUT2D eigenvalue weighted by atomic mass is 9.59. The summed E-state index contributed by atoms with van der Waals surface area (Å²) < 4.78 is 79.0. The van der Waals surface area contributed by atoms with Crippen LogP contribution in [-0.2, 0) is 28.6 Å². The molecule has 22 nitrogen and oxygen atoms in total. The summed E-state index contributed by atoms with van der Waals surface area (Å²) >= 11 is 0. The monoisotopic (exact) mass is 1140 g/mol. The zero-order chi connectivity index (χ0) is 55.7. The van der Waals surface area contributed by atoms with Crippen LogP contribution < -0.4 is 34.0 Å². The highest BCUT2D eigenvalue weighted by Gasteiger charge is 2.50. The van der Waals surface area contributed by atoms with Crippen LogP contribution in [0.1, 0.15) is 107 Å². The number of sulfonamides is 1. The second-order valence-electron chi connectivity index (χ2n) is 23.3. The number of phosphoric acid groups is 1. The molecule has 2 aromatic heterocycles. The largest absolute Gasteiger partial charge is 0.491 e. The third kappa shape index (κ3) is 10.8. The molecule has 2 saturated carbocycles. The van der Waals surface area contributed by atoms with Gasteiger partial charge in [0.1, 0.15) is 29.8 Å². The van der Waals surface area contributed by atoms with Crippen molar-refractivity contribution < 1.29 is 60.7 Å². The zero-order valence-corrected chi connectivity index (χ0v) is 46.8. The molecule has 3 saturated heterocycles. The van der Waals surface area contributed by atoms with Crippen molar-refractivity contribution in [3.8, 4) is 17.4 Å². The van der Waals surface area contributed by atoms with E-state index in [9.17, 15) is 37.7 Å². The van der Waals surface area contributed by atoms with E-state index in [1.807, 2.05) is 35.2 Å². The molecular weight excluding hydrogens is 1070 g/mol. The number of aromatic amines is 1. The van der Waals surface area contributed by atoms with Crippen molar-refractivity contribution in [3.05, 3.63) is 94.2 Å². The molecule has 1 amide bonds. The molecule has 5 N–H and O–H groups in total. The predicted octanol–water partition coefficient (Wildman–Crippen LogP) is 8.51. The highest BCUT2D eigenvalue weighted by molar-refractivity contribution is 7.90. The van der Waals surface area contributed by atoms with E-state index in [1.54, 1.807) is 19.2 Å². The SMILES string of the molecule is CC(C)Oc1ccccc1[C@@H]1COCCCN1C1CC2(CCN(c3ccc(C(=O)NS(=O)(=O)c4cc5c(c([N+](=O)[O-])c4)N[C@@H](C4CCC(C)(OP(=O)(O)O)CC4)CO5)c(N4c5cc6cc[nH]c6nc5O[C@H]5COCC[C@@H]54)c3)CC2)C1. The van der Waals surface area contributed by atoms with Crippen LogP contribution in [0.2, 0.25) is 0 Å². The van der Waals surface area contributed by atoms with Crippen LogP contribution in [-0.4, -0.2) is 133 Å². The van der Waals surface area contributed by atoms with E-state index in [0.29, 0.717) is 74.3 Å².